The number of non-ortho nitro benzene ring substituents is 1. The minimum atomic E-state index is -0.630. The van der Waals surface area contributed by atoms with Crippen molar-refractivity contribution in [3.05, 3.63) is 66.9 Å². The van der Waals surface area contributed by atoms with Gasteiger partial charge in [0.25, 0.3) is 5.69 Å². The van der Waals surface area contributed by atoms with E-state index < -0.39 is 10.9 Å². The van der Waals surface area contributed by atoms with Crippen molar-refractivity contribution in [1.82, 2.24) is 0 Å². The van der Waals surface area contributed by atoms with Crippen LogP contribution in [0, 0.1) is 13.7 Å². The molecule has 1 unspecified atom stereocenters. The number of benzene rings is 2. The first-order valence-electron chi connectivity index (χ1n) is 9.72. The molecule has 0 spiro atoms. The van der Waals surface area contributed by atoms with E-state index in [1.54, 1.807) is 18.2 Å². The lowest BCUT2D eigenvalue weighted by atomic mass is 10.1. The van der Waals surface area contributed by atoms with Crippen molar-refractivity contribution in [2.45, 2.75) is 33.3 Å². The van der Waals surface area contributed by atoms with Crippen LogP contribution in [-0.2, 0) is 9.53 Å². The summed E-state index contributed by atoms with van der Waals surface area (Å²) in [5, 5.41) is 11.0. The minimum Gasteiger partial charge on any atom is -0.490 e. The summed E-state index contributed by atoms with van der Waals surface area (Å²) in [4.78, 5) is 27.0. The Hall–Kier alpha value is -2.95. The van der Waals surface area contributed by atoms with Gasteiger partial charge in [-0.3, -0.25) is 10.1 Å². The Morgan fingerprint density at radius 3 is 2.74 bits per heavy atom. The molecule has 9 heteroatoms. The first-order chi connectivity index (χ1) is 14.8. The predicted octanol–water partition coefficient (Wildman–Crippen LogP) is 5.12. The third-order valence-electron chi connectivity index (χ3n) is 4.45. The molecule has 0 bridgehead atoms. The number of nitro benzene ring substituents is 1. The summed E-state index contributed by atoms with van der Waals surface area (Å²) >= 11 is 2.17. The molecule has 0 amide bonds. The van der Waals surface area contributed by atoms with Gasteiger partial charge < -0.3 is 14.2 Å². The number of carbonyl (C=O) groups excluding carboxylic acids is 1. The SMILES string of the molecule is CCOc1cc(/C=C2\N=C(c3cccc([N+](=O)[O-])c3)OC2=O)cc(I)c1OC(C)CC. The van der Waals surface area contributed by atoms with E-state index in [-0.39, 0.29) is 23.4 Å². The van der Waals surface area contributed by atoms with E-state index in [2.05, 4.69) is 27.6 Å². The van der Waals surface area contributed by atoms with Crippen LogP contribution >= 0.6 is 22.6 Å². The first-order valence-corrected chi connectivity index (χ1v) is 10.8. The van der Waals surface area contributed by atoms with Gasteiger partial charge in [0.15, 0.2) is 17.2 Å². The van der Waals surface area contributed by atoms with Crippen LogP contribution < -0.4 is 9.47 Å². The van der Waals surface area contributed by atoms with Crippen molar-refractivity contribution in [1.29, 1.82) is 0 Å². The summed E-state index contributed by atoms with van der Waals surface area (Å²) in [6, 6.07) is 9.42. The predicted molar refractivity (Wildman–Crippen MR) is 124 cm³/mol. The van der Waals surface area contributed by atoms with Gasteiger partial charge >= 0.3 is 5.97 Å². The molecule has 162 valence electrons. The molecule has 0 radical (unpaired) electrons. The Labute approximate surface area is 193 Å². The largest absolute Gasteiger partial charge is 0.490 e. The maximum Gasteiger partial charge on any atom is 0.363 e. The second-order valence-corrected chi connectivity index (χ2v) is 7.91. The zero-order valence-electron chi connectivity index (χ0n) is 17.3. The second-order valence-electron chi connectivity index (χ2n) is 6.74. The normalized spacial score (nSPS) is 15.4. The third kappa shape index (κ3) is 5.40. The van der Waals surface area contributed by atoms with Gasteiger partial charge in [-0.15, -0.1) is 0 Å². The maximum absolute atomic E-state index is 12.3. The van der Waals surface area contributed by atoms with E-state index in [9.17, 15) is 14.9 Å². The van der Waals surface area contributed by atoms with Crippen molar-refractivity contribution in [3.63, 3.8) is 0 Å². The average molecular weight is 536 g/mol. The van der Waals surface area contributed by atoms with Crippen molar-refractivity contribution < 1.29 is 23.9 Å². The number of nitro groups is 1. The molecule has 1 atom stereocenters. The highest BCUT2D eigenvalue weighted by atomic mass is 127. The Morgan fingerprint density at radius 2 is 2.06 bits per heavy atom. The van der Waals surface area contributed by atoms with Crippen molar-refractivity contribution >= 4 is 46.2 Å². The van der Waals surface area contributed by atoms with Gasteiger partial charge in [0, 0.05) is 17.7 Å². The number of hydrogen-bond donors (Lipinski definition) is 0. The molecule has 3 rings (SSSR count). The molecule has 1 aliphatic heterocycles. The van der Waals surface area contributed by atoms with Gasteiger partial charge in [0.2, 0.25) is 5.90 Å². The highest BCUT2D eigenvalue weighted by Gasteiger charge is 2.25. The second kappa shape index (κ2) is 9.90. The fourth-order valence-electron chi connectivity index (χ4n) is 2.78. The van der Waals surface area contributed by atoms with Gasteiger partial charge in [0.05, 0.1) is 21.2 Å². The number of nitrogens with zero attached hydrogens (tertiary/aromatic N) is 2. The third-order valence-corrected chi connectivity index (χ3v) is 5.25. The van der Waals surface area contributed by atoms with Crippen LogP contribution in [0.25, 0.3) is 6.08 Å². The molecule has 8 nitrogen and oxygen atoms in total. The van der Waals surface area contributed by atoms with Gasteiger partial charge in [-0.05, 0) is 72.7 Å². The summed E-state index contributed by atoms with van der Waals surface area (Å²) in [6.45, 7) is 6.37. The maximum atomic E-state index is 12.3. The van der Waals surface area contributed by atoms with Crippen LogP contribution in [0.2, 0.25) is 0 Å². The van der Waals surface area contributed by atoms with Crippen LogP contribution in [-0.4, -0.2) is 29.5 Å². The fourth-order valence-corrected chi connectivity index (χ4v) is 3.53. The standard InChI is InChI=1S/C22H21IN2O6/c1-4-13(3)30-20-17(23)9-14(11-19(20)29-5-2)10-18-22(26)31-21(24-18)15-7-6-8-16(12-15)25(27)28/h6-13H,4-5H2,1-3H3/b18-10-. The average Bonchev–Trinajstić information content (AvgIpc) is 3.11. The van der Waals surface area contributed by atoms with E-state index in [4.69, 9.17) is 14.2 Å². The summed E-state index contributed by atoms with van der Waals surface area (Å²) in [5.74, 6) is 0.635. The lowest BCUT2D eigenvalue weighted by Crippen LogP contribution is -2.12. The molecular weight excluding hydrogens is 515 g/mol. The monoisotopic (exact) mass is 536 g/mol. The molecule has 0 saturated carbocycles. The number of halogens is 1. The highest BCUT2D eigenvalue weighted by molar-refractivity contribution is 14.1. The summed E-state index contributed by atoms with van der Waals surface area (Å²) in [6.07, 6.45) is 2.47. The molecular formula is C22H21IN2O6. The Balaban J connectivity index is 1.96. The summed E-state index contributed by atoms with van der Waals surface area (Å²) < 4.78 is 17.8. The lowest BCUT2D eigenvalue weighted by Gasteiger charge is -2.18. The van der Waals surface area contributed by atoms with Gasteiger partial charge in [-0.25, -0.2) is 9.79 Å². The summed E-state index contributed by atoms with van der Waals surface area (Å²) in [7, 11) is 0. The van der Waals surface area contributed by atoms with Crippen molar-refractivity contribution in [3.8, 4) is 11.5 Å². The number of rotatable bonds is 8. The van der Waals surface area contributed by atoms with E-state index in [0.29, 0.717) is 29.2 Å². The number of aliphatic imine (C=N–C) groups is 1. The molecule has 2 aromatic rings. The van der Waals surface area contributed by atoms with Gasteiger partial charge in [-0.1, -0.05) is 13.0 Å². The first kappa shape index (κ1) is 22.7. The number of cyclic esters (lactones) is 1. The number of hydrogen-bond acceptors (Lipinski definition) is 7. The molecule has 0 aromatic heterocycles. The fraction of sp³-hybridized carbons (Fsp3) is 0.273. The van der Waals surface area contributed by atoms with Gasteiger partial charge in [0.1, 0.15) is 0 Å². The van der Waals surface area contributed by atoms with E-state index in [0.717, 1.165) is 9.99 Å². The molecule has 2 aromatic carbocycles. The lowest BCUT2D eigenvalue weighted by molar-refractivity contribution is -0.384. The summed E-state index contributed by atoms with van der Waals surface area (Å²) in [5.41, 5.74) is 1.03. The Morgan fingerprint density at radius 1 is 1.29 bits per heavy atom. The minimum absolute atomic E-state index is 0.0244. The van der Waals surface area contributed by atoms with Crippen molar-refractivity contribution in [2.24, 2.45) is 4.99 Å². The molecule has 0 N–H and O–H groups in total. The van der Waals surface area contributed by atoms with Crippen LogP contribution in [0.1, 0.15) is 38.3 Å². The van der Waals surface area contributed by atoms with Crippen LogP contribution in [0.4, 0.5) is 5.69 Å². The molecule has 0 fully saturated rings. The quantitative estimate of drug-likeness (QED) is 0.153. The molecule has 0 aliphatic carbocycles. The molecule has 1 aliphatic rings. The van der Waals surface area contributed by atoms with Crippen LogP contribution in [0.5, 0.6) is 11.5 Å². The molecule has 0 saturated heterocycles. The topological polar surface area (TPSA) is 100 Å². The van der Waals surface area contributed by atoms with E-state index in [1.807, 2.05) is 26.8 Å². The van der Waals surface area contributed by atoms with Crippen LogP contribution in [0.3, 0.4) is 0 Å². The zero-order valence-corrected chi connectivity index (χ0v) is 19.4. The van der Waals surface area contributed by atoms with Crippen LogP contribution in [0.15, 0.2) is 47.1 Å². The highest BCUT2D eigenvalue weighted by Crippen LogP contribution is 2.36. The van der Waals surface area contributed by atoms with E-state index >= 15 is 0 Å². The Kier molecular flexibility index (Phi) is 7.26. The molecule has 31 heavy (non-hydrogen) atoms. The number of ether oxygens (including phenoxy) is 3. The number of esters is 1. The smallest absolute Gasteiger partial charge is 0.363 e. The van der Waals surface area contributed by atoms with Crippen molar-refractivity contribution in [2.75, 3.05) is 6.61 Å². The molecule has 1 heterocycles. The zero-order chi connectivity index (χ0) is 22.5. The van der Waals surface area contributed by atoms with E-state index in [1.165, 1.54) is 18.2 Å². The van der Waals surface area contributed by atoms with Gasteiger partial charge in [-0.2, -0.15) is 0 Å². The Bertz CT molecular complexity index is 1080. The number of carbonyl (C=O) groups is 1.